The van der Waals surface area contributed by atoms with Gasteiger partial charge >= 0.3 is 0 Å². The molecule has 1 fully saturated rings. The van der Waals surface area contributed by atoms with Gasteiger partial charge in [-0.15, -0.1) is 0 Å². The fourth-order valence-corrected chi connectivity index (χ4v) is 2.08. The minimum atomic E-state index is -0.411. The first kappa shape index (κ1) is 12.0. The van der Waals surface area contributed by atoms with E-state index in [2.05, 4.69) is 20.8 Å². The molecule has 1 aliphatic heterocycles. The van der Waals surface area contributed by atoms with Crippen molar-refractivity contribution < 1.29 is 9.84 Å². The molecule has 0 unspecified atom stereocenters. The van der Waals surface area contributed by atoms with Crippen molar-refractivity contribution in [1.82, 2.24) is 4.90 Å². The summed E-state index contributed by atoms with van der Waals surface area (Å²) in [7, 11) is 0. The minimum Gasteiger partial charge on any atom is -0.387 e. The first-order valence-corrected chi connectivity index (χ1v) is 6.28. The number of nitrogens with zero attached hydrogens (tertiary/aromatic N) is 1. The molecule has 16 heavy (non-hydrogen) atoms. The Morgan fingerprint density at radius 2 is 1.88 bits per heavy atom. The van der Waals surface area contributed by atoms with Gasteiger partial charge in [0.15, 0.2) is 0 Å². The quantitative estimate of drug-likeness (QED) is 0.920. The third-order valence-electron chi connectivity index (χ3n) is 2.79. The maximum Gasteiger partial charge on any atom is 0.0916 e. The van der Waals surface area contributed by atoms with Gasteiger partial charge in [0.05, 0.1) is 19.3 Å². The predicted molar refractivity (Wildman–Crippen MR) is 66.4 cm³/mol. The molecule has 2 rings (SSSR count). The molecule has 0 amide bonds. The predicted octanol–water partition coefficient (Wildman–Crippen LogP) is 1.81. The number of rotatable bonds is 3. The van der Waals surface area contributed by atoms with E-state index in [1.165, 1.54) is 0 Å². The second-order valence-corrected chi connectivity index (χ2v) is 4.90. The van der Waals surface area contributed by atoms with Crippen molar-refractivity contribution in [2.24, 2.45) is 0 Å². The number of morpholine rings is 1. The Hall–Kier alpha value is -0.420. The number of aliphatic hydroxyl groups is 1. The van der Waals surface area contributed by atoms with Crippen molar-refractivity contribution in [3.63, 3.8) is 0 Å². The lowest BCUT2D eigenvalue weighted by molar-refractivity contribution is 0.0143. The molecule has 1 aliphatic rings. The number of ether oxygens (including phenoxy) is 1. The molecule has 1 aromatic carbocycles. The smallest absolute Gasteiger partial charge is 0.0916 e. The number of halogens is 1. The summed E-state index contributed by atoms with van der Waals surface area (Å²) in [6.45, 7) is 4.05. The van der Waals surface area contributed by atoms with Crippen molar-refractivity contribution in [3.8, 4) is 0 Å². The largest absolute Gasteiger partial charge is 0.387 e. The van der Waals surface area contributed by atoms with E-state index >= 15 is 0 Å². The summed E-state index contributed by atoms with van der Waals surface area (Å²) in [5.74, 6) is 0. The fourth-order valence-electron chi connectivity index (χ4n) is 1.82. The summed E-state index contributed by atoms with van der Waals surface area (Å²) in [6, 6.07) is 7.82. The van der Waals surface area contributed by atoms with Crippen molar-refractivity contribution in [1.29, 1.82) is 0 Å². The van der Waals surface area contributed by atoms with Crippen LogP contribution in [0.4, 0.5) is 0 Å². The fraction of sp³-hybridized carbons (Fsp3) is 0.500. The van der Waals surface area contributed by atoms with E-state index in [-0.39, 0.29) is 0 Å². The molecule has 88 valence electrons. The molecule has 0 radical (unpaired) electrons. The molecule has 1 heterocycles. The highest BCUT2D eigenvalue weighted by molar-refractivity contribution is 9.10. The zero-order valence-corrected chi connectivity index (χ0v) is 10.7. The number of β-amino-alcohol motifs (C(OH)–C–C–N with tert-alkyl or cyclic N) is 1. The molecule has 4 heteroatoms. The van der Waals surface area contributed by atoms with E-state index in [9.17, 15) is 5.11 Å². The summed E-state index contributed by atoms with van der Waals surface area (Å²) in [5.41, 5.74) is 0.967. The molecule has 0 bridgehead atoms. The van der Waals surface area contributed by atoms with E-state index in [1.807, 2.05) is 24.3 Å². The Balaban J connectivity index is 1.91. The van der Waals surface area contributed by atoms with E-state index in [0.717, 1.165) is 36.3 Å². The Morgan fingerprint density at radius 3 is 2.50 bits per heavy atom. The molecule has 1 aromatic rings. The Kier molecular flexibility index (Phi) is 4.35. The van der Waals surface area contributed by atoms with Crippen molar-refractivity contribution >= 4 is 15.9 Å². The van der Waals surface area contributed by atoms with Gasteiger partial charge in [-0.05, 0) is 17.7 Å². The summed E-state index contributed by atoms with van der Waals surface area (Å²) in [5, 5.41) is 10.1. The van der Waals surface area contributed by atoms with Crippen LogP contribution in [-0.4, -0.2) is 42.9 Å². The summed E-state index contributed by atoms with van der Waals surface area (Å²) in [4.78, 5) is 2.23. The standard InChI is InChI=1S/C12H16BrNO2/c13-11-3-1-10(2-4-11)12(15)9-14-5-7-16-8-6-14/h1-4,12,15H,5-9H2/t12-/m1/s1. The topological polar surface area (TPSA) is 32.7 Å². The van der Waals surface area contributed by atoms with Gasteiger partial charge in [-0.25, -0.2) is 0 Å². The first-order valence-electron chi connectivity index (χ1n) is 5.49. The maximum absolute atomic E-state index is 10.1. The molecule has 0 spiro atoms. The van der Waals surface area contributed by atoms with Crippen LogP contribution in [0.2, 0.25) is 0 Å². The average molecular weight is 286 g/mol. The number of hydrogen-bond acceptors (Lipinski definition) is 3. The van der Waals surface area contributed by atoms with E-state index in [0.29, 0.717) is 6.54 Å². The minimum absolute atomic E-state index is 0.411. The summed E-state index contributed by atoms with van der Waals surface area (Å²) in [6.07, 6.45) is -0.411. The summed E-state index contributed by atoms with van der Waals surface area (Å²) >= 11 is 3.38. The molecular weight excluding hydrogens is 270 g/mol. The Labute approximate surface area is 104 Å². The lowest BCUT2D eigenvalue weighted by atomic mass is 10.1. The van der Waals surface area contributed by atoms with Crippen LogP contribution in [0.15, 0.2) is 28.7 Å². The third kappa shape index (κ3) is 3.28. The first-order chi connectivity index (χ1) is 7.75. The van der Waals surface area contributed by atoms with Gasteiger partial charge in [-0.3, -0.25) is 4.90 Å². The molecule has 1 N–H and O–H groups in total. The zero-order chi connectivity index (χ0) is 11.4. The molecule has 1 atom stereocenters. The van der Waals surface area contributed by atoms with Gasteiger partial charge in [-0.1, -0.05) is 28.1 Å². The molecule has 0 aliphatic carbocycles. The van der Waals surface area contributed by atoms with Crippen molar-refractivity contribution in [3.05, 3.63) is 34.3 Å². The highest BCUT2D eigenvalue weighted by atomic mass is 79.9. The highest BCUT2D eigenvalue weighted by Crippen LogP contribution is 2.18. The van der Waals surface area contributed by atoms with Crippen LogP contribution >= 0.6 is 15.9 Å². The van der Waals surface area contributed by atoms with Gasteiger partial charge in [0.25, 0.3) is 0 Å². The second-order valence-electron chi connectivity index (χ2n) is 3.98. The maximum atomic E-state index is 10.1. The van der Waals surface area contributed by atoms with Gasteiger partial charge in [0.2, 0.25) is 0 Å². The Morgan fingerprint density at radius 1 is 1.25 bits per heavy atom. The molecule has 0 saturated carbocycles. The zero-order valence-electron chi connectivity index (χ0n) is 9.10. The van der Waals surface area contributed by atoms with Crippen LogP contribution in [0.5, 0.6) is 0 Å². The molecular formula is C12H16BrNO2. The monoisotopic (exact) mass is 285 g/mol. The Bertz CT molecular complexity index is 322. The van der Waals surface area contributed by atoms with Gasteiger partial charge in [0, 0.05) is 24.1 Å². The van der Waals surface area contributed by atoms with E-state index in [1.54, 1.807) is 0 Å². The normalized spacial score (nSPS) is 19.6. The van der Waals surface area contributed by atoms with Crippen LogP contribution in [0.3, 0.4) is 0 Å². The number of benzene rings is 1. The third-order valence-corrected chi connectivity index (χ3v) is 3.32. The molecule has 3 nitrogen and oxygen atoms in total. The highest BCUT2D eigenvalue weighted by Gasteiger charge is 2.15. The van der Waals surface area contributed by atoms with Gasteiger partial charge < -0.3 is 9.84 Å². The lowest BCUT2D eigenvalue weighted by Gasteiger charge is -2.28. The SMILES string of the molecule is O[C@H](CN1CCOCC1)c1ccc(Br)cc1. The van der Waals surface area contributed by atoms with Crippen LogP contribution in [0.1, 0.15) is 11.7 Å². The lowest BCUT2D eigenvalue weighted by Crippen LogP contribution is -2.38. The average Bonchev–Trinajstić information content (AvgIpc) is 2.31. The van der Waals surface area contributed by atoms with Crippen LogP contribution in [-0.2, 0) is 4.74 Å². The molecule has 1 saturated heterocycles. The number of aliphatic hydroxyl groups excluding tert-OH is 1. The van der Waals surface area contributed by atoms with Crippen LogP contribution < -0.4 is 0 Å². The van der Waals surface area contributed by atoms with Gasteiger partial charge in [0.1, 0.15) is 0 Å². The van der Waals surface area contributed by atoms with Crippen molar-refractivity contribution in [2.45, 2.75) is 6.10 Å². The number of hydrogen-bond donors (Lipinski definition) is 1. The van der Waals surface area contributed by atoms with Crippen LogP contribution in [0, 0.1) is 0 Å². The summed E-state index contributed by atoms with van der Waals surface area (Å²) < 4.78 is 6.31. The van der Waals surface area contributed by atoms with Crippen LogP contribution in [0.25, 0.3) is 0 Å². The second kappa shape index (κ2) is 5.77. The van der Waals surface area contributed by atoms with E-state index in [4.69, 9.17) is 4.74 Å². The van der Waals surface area contributed by atoms with E-state index < -0.39 is 6.10 Å². The van der Waals surface area contributed by atoms with Gasteiger partial charge in [-0.2, -0.15) is 0 Å². The molecule has 0 aromatic heterocycles. The van der Waals surface area contributed by atoms with Crippen molar-refractivity contribution in [2.75, 3.05) is 32.8 Å².